The first kappa shape index (κ1) is 21.1. The lowest BCUT2D eigenvalue weighted by atomic mass is 9.60. The molecule has 0 amide bonds. The van der Waals surface area contributed by atoms with Crippen LogP contribution in [0.5, 0.6) is 0 Å². The van der Waals surface area contributed by atoms with Gasteiger partial charge in [0, 0.05) is 33.8 Å². The smallest absolute Gasteiger partial charge is 0.0833 e. The molecule has 0 radical (unpaired) electrons. The Kier molecular flexibility index (Phi) is 6.12. The standard InChI is InChI=1S/C22H34OS4/c1-5-20(3,19-24-10-11-25-19)14-17(23)21(4)15(2)6-7-16-8-9-22(18(16)21)26-12-13-27-22/h5,15,17,19,23H,1,6-14H2,2-4H3/t15?,17-,20-,21?/m1/s1. The van der Waals surface area contributed by atoms with Gasteiger partial charge in [-0.3, -0.25) is 0 Å². The van der Waals surface area contributed by atoms with Crippen LogP contribution in [0.25, 0.3) is 0 Å². The minimum absolute atomic E-state index is 0.00607. The van der Waals surface area contributed by atoms with Crippen molar-refractivity contribution in [1.29, 1.82) is 0 Å². The van der Waals surface area contributed by atoms with Crippen molar-refractivity contribution in [2.24, 2.45) is 16.7 Å². The molecule has 0 aromatic rings. The number of hydrogen-bond acceptors (Lipinski definition) is 5. The Morgan fingerprint density at radius 3 is 2.52 bits per heavy atom. The van der Waals surface area contributed by atoms with Crippen LogP contribution < -0.4 is 0 Å². The Bertz CT molecular complexity index is 620. The van der Waals surface area contributed by atoms with Gasteiger partial charge in [0.1, 0.15) is 0 Å². The van der Waals surface area contributed by atoms with E-state index in [2.05, 4.69) is 80.5 Å². The Balaban J connectivity index is 1.66. The molecule has 27 heavy (non-hydrogen) atoms. The van der Waals surface area contributed by atoms with Crippen molar-refractivity contribution < 1.29 is 5.11 Å². The minimum Gasteiger partial charge on any atom is -0.392 e. The van der Waals surface area contributed by atoms with E-state index in [0.29, 0.717) is 10.5 Å². The first-order valence-electron chi connectivity index (χ1n) is 10.4. The van der Waals surface area contributed by atoms with E-state index >= 15 is 0 Å². The van der Waals surface area contributed by atoms with Crippen LogP contribution in [0.15, 0.2) is 23.8 Å². The second-order valence-corrected chi connectivity index (χ2v) is 14.9. The molecule has 4 atom stereocenters. The average molecular weight is 443 g/mol. The molecule has 1 N–H and O–H groups in total. The lowest BCUT2D eigenvalue weighted by Gasteiger charge is -2.51. The van der Waals surface area contributed by atoms with Crippen LogP contribution in [0.4, 0.5) is 0 Å². The van der Waals surface area contributed by atoms with Crippen LogP contribution in [-0.4, -0.2) is 42.9 Å². The minimum atomic E-state index is -0.292. The fraction of sp³-hybridized carbons (Fsp3) is 0.818. The first-order valence-corrected chi connectivity index (χ1v) is 14.5. The van der Waals surface area contributed by atoms with E-state index in [1.807, 2.05) is 0 Å². The van der Waals surface area contributed by atoms with Gasteiger partial charge < -0.3 is 5.11 Å². The normalized spacial score (nSPS) is 36.8. The highest BCUT2D eigenvalue weighted by Crippen LogP contribution is 2.67. The van der Waals surface area contributed by atoms with E-state index in [1.165, 1.54) is 48.7 Å². The predicted molar refractivity (Wildman–Crippen MR) is 128 cm³/mol. The molecule has 0 saturated carbocycles. The number of hydrogen-bond donors (Lipinski definition) is 1. The maximum absolute atomic E-state index is 11.8. The summed E-state index contributed by atoms with van der Waals surface area (Å²) in [6.45, 7) is 11.3. The zero-order valence-electron chi connectivity index (χ0n) is 17.0. The Morgan fingerprint density at radius 1 is 1.22 bits per heavy atom. The van der Waals surface area contributed by atoms with Gasteiger partial charge in [0.15, 0.2) is 0 Å². The average Bonchev–Trinajstić information content (AvgIpc) is 3.41. The summed E-state index contributed by atoms with van der Waals surface area (Å²) in [5.41, 5.74) is 3.26. The number of aliphatic hydroxyl groups excluding tert-OH is 1. The highest BCUT2D eigenvalue weighted by atomic mass is 32.2. The van der Waals surface area contributed by atoms with Crippen LogP contribution in [-0.2, 0) is 0 Å². The first-order chi connectivity index (χ1) is 12.9. The molecule has 2 saturated heterocycles. The number of rotatable bonds is 5. The van der Waals surface area contributed by atoms with Crippen LogP contribution in [0.2, 0.25) is 0 Å². The summed E-state index contributed by atoms with van der Waals surface area (Å²) >= 11 is 8.47. The van der Waals surface area contributed by atoms with Gasteiger partial charge in [-0.25, -0.2) is 0 Å². The molecule has 0 bridgehead atoms. The molecular weight excluding hydrogens is 409 g/mol. The zero-order valence-corrected chi connectivity index (χ0v) is 20.2. The number of fused-ring (bicyclic) bond motifs is 1. The van der Waals surface area contributed by atoms with Gasteiger partial charge in [-0.05, 0) is 43.6 Å². The van der Waals surface area contributed by atoms with Crippen LogP contribution in [0, 0.1) is 16.7 Å². The maximum Gasteiger partial charge on any atom is 0.0833 e. The number of thioether (sulfide) groups is 4. The third-order valence-corrected chi connectivity index (χ3v) is 14.8. The molecule has 2 aliphatic heterocycles. The van der Waals surface area contributed by atoms with Crippen LogP contribution in [0.3, 0.4) is 0 Å². The van der Waals surface area contributed by atoms with Gasteiger partial charge in [-0.1, -0.05) is 32.4 Å². The van der Waals surface area contributed by atoms with E-state index < -0.39 is 0 Å². The summed E-state index contributed by atoms with van der Waals surface area (Å²) in [7, 11) is 0. The quantitative estimate of drug-likeness (QED) is 0.493. The second kappa shape index (κ2) is 7.83. The molecule has 0 aromatic heterocycles. The molecule has 0 aromatic carbocycles. The molecule has 2 fully saturated rings. The molecule has 5 heteroatoms. The largest absolute Gasteiger partial charge is 0.392 e. The Labute approximate surface area is 182 Å². The third kappa shape index (κ3) is 3.40. The fourth-order valence-electron chi connectivity index (χ4n) is 5.70. The van der Waals surface area contributed by atoms with Crippen molar-refractivity contribution in [2.45, 2.75) is 67.6 Å². The van der Waals surface area contributed by atoms with E-state index in [4.69, 9.17) is 0 Å². The van der Waals surface area contributed by atoms with Gasteiger partial charge >= 0.3 is 0 Å². The molecule has 1 nitrogen and oxygen atoms in total. The Morgan fingerprint density at radius 2 is 1.89 bits per heavy atom. The molecule has 152 valence electrons. The van der Waals surface area contributed by atoms with Gasteiger partial charge in [0.25, 0.3) is 0 Å². The maximum atomic E-state index is 11.8. The topological polar surface area (TPSA) is 20.2 Å². The fourth-order valence-corrected chi connectivity index (χ4v) is 12.7. The molecule has 1 spiro atoms. The van der Waals surface area contributed by atoms with E-state index in [1.54, 1.807) is 11.1 Å². The van der Waals surface area contributed by atoms with Crippen molar-refractivity contribution in [3.63, 3.8) is 0 Å². The molecule has 4 aliphatic rings. The van der Waals surface area contributed by atoms with Crippen molar-refractivity contribution in [1.82, 2.24) is 0 Å². The number of allylic oxidation sites excluding steroid dienone is 2. The summed E-state index contributed by atoms with van der Waals surface area (Å²) in [6, 6.07) is 0. The zero-order chi connectivity index (χ0) is 19.3. The summed E-state index contributed by atoms with van der Waals surface area (Å²) in [4.78, 5) is 0. The van der Waals surface area contributed by atoms with Crippen molar-refractivity contribution in [2.75, 3.05) is 23.0 Å². The lowest BCUT2D eigenvalue weighted by molar-refractivity contribution is -0.00664. The summed E-state index contributed by atoms with van der Waals surface area (Å²) in [5.74, 6) is 5.53. The summed E-state index contributed by atoms with van der Waals surface area (Å²) < 4.78 is 0.801. The molecule has 4 rings (SSSR count). The van der Waals surface area contributed by atoms with E-state index in [9.17, 15) is 5.11 Å². The van der Waals surface area contributed by atoms with Gasteiger partial charge in [-0.2, -0.15) is 0 Å². The second-order valence-electron chi connectivity index (χ2n) is 9.15. The third-order valence-electron chi connectivity index (χ3n) is 7.64. The molecule has 2 aliphatic carbocycles. The number of aliphatic hydroxyl groups is 1. The summed E-state index contributed by atoms with van der Waals surface area (Å²) in [6.07, 6.45) is 7.72. The van der Waals surface area contributed by atoms with Gasteiger partial charge in [-0.15, -0.1) is 53.6 Å². The van der Waals surface area contributed by atoms with Crippen molar-refractivity contribution >= 4 is 47.0 Å². The molecule has 2 unspecified atom stereocenters. The Hall–Kier alpha value is 0.840. The highest BCUT2D eigenvalue weighted by Gasteiger charge is 2.57. The van der Waals surface area contributed by atoms with Crippen molar-refractivity contribution in [3.05, 3.63) is 23.8 Å². The SMILES string of the molecule is C=C[C@](C)(C[C@@H](O)C1(C)C2=C(CCC1C)CCC21SCCS1)C1SCCS1. The molecular formula is C22H34OS4. The molecule has 2 heterocycles. The highest BCUT2D eigenvalue weighted by molar-refractivity contribution is 8.21. The van der Waals surface area contributed by atoms with Crippen molar-refractivity contribution in [3.8, 4) is 0 Å². The van der Waals surface area contributed by atoms with E-state index in [-0.39, 0.29) is 21.0 Å². The summed E-state index contributed by atoms with van der Waals surface area (Å²) in [5, 5.41) is 11.8. The van der Waals surface area contributed by atoms with Gasteiger partial charge in [0.05, 0.1) is 14.8 Å². The van der Waals surface area contributed by atoms with Crippen LogP contribution in [0.1, 0.15) is 52.9 Å². The van der Waals surface area contributed by atoms with Gasteiger partial charge in [0.2, 0.25) is 0 Å². The predicted octanol–water partition coefficient (Wildman–Crippen LogP) is 6.44. The van der Waals surface area contributed by atoms with Crippen LogP contribution >= 0.6 is 47.0 Å². The van der Waals surface area contributed by atoms with E-state index in [0.717, 1.165) is 6.42 Å². The monoisotopic (exact) mass is 442 g/mol. The lowest BCUT2D eigenvalue weighted by Crippen LogP contribution is -2.48.